The first kappa shape index (κ1) is 13.4. The largest absolute Gasteiger partial charge is 0.478 e. The van der Waals surface area contributed by atoms with Gasteiger partial charge in [0.1, 0.15) is 10.6 Å². The summed E-state index contributed by atoms with van der Waals surface area (Å²) in [4.78, 5) is 11.2. The number of aryl methyl sites for hydroxylation is 1. The van der Waals surface area contributed by atoms with Gasteiger partial charge in [0, 0.05) is 5.69 Å². The highest BCUT2D eigenvalue weighted by Crippen LogP contribution is 2.23. The molecule has 98 valence electrons. The zero-order valence-electron chi connectivity index (χ0n) is 10.5. The van der Waals surface area contributed by atoms with Crippen LogP contribution < -0.4 is 5.32 Å². The number of benzene rings is 1. The second kappa shape index (κ2) is 5.71. The molecule has 0 aliphatic rings. The molecule has 2 aromatic rings. The quantitative estimate of drug-likeness (QED) is 0.836. The number of aromatic nitrogens is 2. The highest BCUT2D eigenvalue weighted by Gasteiger charge is 2.14. The van der Waals surface area contributed by atoms with Crippen LogP contribution in [-0.4, -0.2) is 27.5 Å². The number of carboxylic acid groups (broad SMARTS) is 1. The van der Waals surface area contributed by atoms with Gasteiger partial charge in [-0.25, -0.2) is 4.79 Å². The number of carboxylic acids is 1. The minimum Gasteiger partial charge on any atom is -0.478 e. The summed E-state index contributed by atoms with van der Waals surface area (Å²) in [5, 5.41) is 20.7. The molecule has 0 radical (unpaired) electrons. The Labute approximate surface area is 115 Å². The number of nitrogens with one attached hydrogen (secondary N) is 1. The number of rotatable bonds is 4. The van der Waals surface area contributed by atoms with E-state index < -0.39 is 5.97 Å². The Morgan fingerprint density at radius 2 is 2.05 bits per heavy atom. The zero-order chi connectivity index (χ0) is 13.8. The monoisotopic (exact) mass is 275 g/mol. The molecule has 5 nitrogen and oxygen atoms in total. The van der Waals surface area contributed by atoms with E-state index in [-0.39, 0.29) is 11.4 Å². The molecule has 0 fully saturated rings. The van der Waals surface area contributed by atoms with E-state index in [1.165, 1.54) is 17.8 Å². The van der Waals surface area contributed by atoms with Crippen LogP contribution in [0.4, 0.5) is 11.5 Å². The van der Waals surface area contributed by atoms with Crippen LogP contribution in [-0.2, 0) is 0 Å². The van der Waals surface area contributed by atoms with E-state index in [2.05, 4.69) is 15.5 Å². The second-order valence-corrected chi connectivity index (χ2v) is 4.72. The molecule has 1 heterocycles. The average molecular weight is 275 g/mol. The molecule has 2 N–H and O–H groups in total. The predicted molar refractivity (Wildman–Crippen MR) is 75.2 cm³/mol. The molecule has 19 heavy (non-hydrogen) atoms. The van der Waals surface area contributed by atoms with Gasteiger partial charge in [0.2, 0.25) is 0 Å². The first-order chi connectivity index (χ1) is 9.11. The molecule has 1 aromatic heterocycles. The molecule has 6 heteroatoms. The molecule has 2 rings (SSSR count). The third-order valence-electron chi connectivity index (χ3n) is 2.61. The van der Waals surface area contributed by atoms with Gasteiger partial charge in [0.25, 0.3) is 0 Å². The van der Waals surface area contributed by atoms with E-state index >= 15 is 0 Å². The summed E-state index contributed by atoms with van der Waals surface area (Å²) >= 11 is 1.35. The Morgan fingerprint density at radius 1 is 1.32 bits per heavy atom. The summed E-state index contributed by atoms with van der Waals surface area (Å²) in [5.41, 5.74) is 1.94. The van der Waals surface area contributed by atoms with E-state index in [4.69, 9.17) is 0 Å². The van der Waals surface area contributed by atoms with Gasteiger partial charge in [-0.3, -0.25) is 0 Å². The molecule has 1 aromatic carbocycles. The number of para-hydroxylation sites is 1. The average Bonchev–Trinajstić information content (AvgIpc) is 2.41. The third-order valence-corrected chi connectivity index (χ3v) is 3.23. The van der Waals surface area contributed by atoms with Crippen LogP contribution in [0.5, 0.6) is 0 Å². The molecule has 0 unspecified atom stereocenters. The van der Waals surface area contributed by atoms with Crippen LogP contribution >= 0.6 is 11.8 Å². The summed E-state index contributed by atoms with van der Waals surface area (Å²) in [5.74, 6) is -0.777. The fraction of sp³-hybridized carbons (Fsp3) is 0.154. The molecule has 0 aliphatic carbocycles. The molecule has 0 spiro atoms. The maximum Gasteiger partial charge on any atom is 0.339 e. The summed E-state index contributed by atoms with van der Waals surface area (Å²) in [6.45, 7) is 1.94. The van der Waals surface area contributed by atoms with Crippen molar-refractivity contribution in [3.63, 3.8) is 0 Å². The Kier molecular flexibility index (Phi) is 4.01. The minimum atomic E-state index is -1.03. The second-order valence-electron chi connectivity index (χ2n) is 3.89. The normalized spacial score (nSPS) is 10.2. The van der Waals surface area contributed by atoms with E-state index in [9.17, 15) is 9.90 Å². The lowest BCUT2D eigenvalue weighted by Gasteiger charge is -2.10. The van der Waals surface area contributed by atoms with Gasteiger partial charge in [-0.05, 0) is 30.9 Å². The molecule has 0 atom stereocenters. The van der Waals surface area contributed by atoms with Gasteiger partial charge in [0.05, 0.1) is 0 Å². The number of nitrogens with zero attached hydrogens (tertiary/aromatic N) is 2. The van der Waals surface area contributed by atoms with Gasteiger partial charge >= 0.3 is 5.97 Å². The first-order valence-corrected chi connectivity index (χ1v) is 6.82. The third kappa shape index (κ3) is 3.03. The number of thioether (sulfide) groups is 1. The number of carbonyl (C=O) groups is 1. The van der Waals surface area contributed by atoms with E-state index in [0.29, 0.717) is 5.03 Å². The van der Waals surface area contributed by atoms with Crippen LogP contribution in [0, 0.1) is 6.92 Å². The number of hydrogen-bond donors (Lipinski definition) is 2. The molecule has 0 saturated carbocycles. The fourth-order valence-electron chi connectivity index (χ4n) is 1.57. The van der Waals surface area contributed by atoms with Gasteiger partial charge < -0.3 is 10.4 Å². The maximum atomic E-state index is 11.2. The van der Waals surface area contributed by atoms with Gasteiger partial charge in [0.15, 0.2) is 5.82 Å². The summed E-state index contributed by atoms with van der Waals surface area (Å²) in [7, 11) is 0. The molecule has 0 amide bonds. The summed E-state index contributed by atoms with van der Waals surface area (Å²) in [6.07, 6.45) is 1.82. The SMILES string of the molecule is CSc1cc(C(=O)O)c(Nc2ccccc2C)nn1. The Balaban J connectivity index is 2.40. The smallest absolute Gasteiger partial charge is 0.339 e. The molecule has 0 aliphatic heterocycles. The van der Waals surface area contributed by atoms with Crippen LogP contribution in [0.3, 0.4) is 0 Å². The topological polar surface area (TPSA) is 75.1 Å². The van der Waals surface area contributed by atoms with Gasteiger partial charge in [-0.2, -0.15) is 0 Å². The predicted octanol–water partition coefficient (Wildman–Crippen LogP) is 2.95. The van der Waals surface area contributed by atoms with Crippen molar-refractivity contribution in [3.8, 4) is 0 Å². The lowest BCUT2D eigenvalue weighted by atomic mass is 10.2. The van der Waals surface area contributed by atoms with Crippen LogP contribution in [0.1, 0.15) is 15.9 Å². The van der Waals surface area contributed by atoms with E-state index in [1.54, 1.807) is 0 Å². The highest BCUT2D eigenvalue weighted by atomic mass is 32.2. The zero-order valence-corrected chi connectivity index (χ0v) is 11.4. The number of aromatic carboxylic acids is 1. The number of anilines is 2. The summed E-state index contributed by atoms with van der Waals surface area (Å²) < 4.78 is 0. The van der Waals surface area contributed by atoms with E-state index in [0.717, 1.165) is 11.3 Å². The maximum absolute atomic E-state index is 11.2. The Bertz CT molecular complexity index is 617. The number of hydrogen-bond acceptors (Lipinski definition) is 5. The van der Waals surface area contributed by atoms with Crippen LogP contribution in [0.15, 0.2) is 35.4 Å². The van der Waals surface area contributed by atoms with Gasteiger partial charge in [-0.1, -0.05) is 18.2 Å². The van der Waals surface area contributed by atoms with Crippen molar-refractivity contribution in [1.29, 1.82) is 0 Å². The standard InChI is InChI=1S/C13H13N3O2S/c1-8-5-3-4-6-10(8)14-12-9(13(17)18)7-11(19-2)15-16-12/h3-7H,1-2H3,(H,14,16)(H,17,18). The van der Waals surface area contributed by atoms with Crippen molar-refractivity contribution >= 4 is 29.2 Å². The lowest BCUT2D eigenvalue weighted by Crippen LogP contribution is -2.07. The van der Waals surface area contributed by atoms with Crippen LogP contribution in [0.25, 0.3) is 0 Å². The lowest BCUT2D eigenvalue weighted by molar-refractivity contribution is 0.0697. The van der Waals surface area contributed by atoms with E-state index in [1.807, 2.05) is 37.4 Å². The van der Waals surface area contributed by atoms with Crippen molar-refractivity contribution in [2.75, 3.05) is 11.6 Å². The Morgan fingerprint density at radius 3 is 2.68 bits per heavy atom. The molecule has 0 saturated heterocycles. The minimum absolute atomic E-state index is 0.114. The van der Waals surface area contributed by atoms with Crippen molar-refractivity contribution in [1.82, 2.24) is 10.2 Å². The van der Waals surface area contributed by atoms with Crippen LogP contribution in [0.2, 0.25) is 0 Å². The fourth-order valence-corrected chi connectivity index (χ4v) is 1.93. The van der Waals surface area contributed by atoms with Crippen molar-refractivity contribution < 1.29 is 9.90 Å². The summed E-state index contributed by atoms with van der Waals surface area (Å²) in [6, 6.07) is 9.11. The first-order valence-electron chi connectivity index (χ1n) is 5.59. The highest BCUT2D eigenvalue weighted by molar-refractivity contribution is 7.98. The van der Waals surface area contributed by atoms with Crippen molar-refractivity contribution in [3.05, 3.63) is 41.5 Å². The van der Waals surface area contributed by atoms with Crippen molar-refractivity contribution in [2.45, 2.75) is 11.9 Å². The van der Waals surface area contributed by atoms with Gasteiger partial charge in [-0.15, -0.1) is 22.0 Å². The molecular weight excluding hydrogens is 262 g/mol. The molecule has 0 bridgehead atoms. The van der Waals surface area contributed by atoms with Crippen molar-refractivity contribution in [2.24, 2.45) is 0 Å². The Hall–Kier alpha value is -2.08. The molecular formula is C13H13N3O2S.